The molecule has 3 N–H and O–H groups in total. The molecular weight excluding hydrogens is 242 g/mol. The van der Waals surface area contributed by atoms with E-state index < -0.39 is 5.91 Å². The first kappa shape index (κ1) is 13.7. The molecule has 1 aliphatic rings. The van der Waals surface area contributed by atoms with Gasteiger partial charge < -0.3 is 16.0 Å². The van der Waals surface area contributed by atoms with E-state index in [9.17, 15) is 4.79 Å². The summed E-state index contributed by atoms with van der Waals surface area (Å²) in [4.78, 5) is 22.2. The van der Waals surface area contributed by atoms with Crippen LogP contribution < -0.4 is 11.1 Å². The van der Waals surface area contributed by atoms with Crippen LogP contribution in [-0.2, 0) is 0 Å². The minimum atomic E-state index is -0.535. The zero-order valence-electron chi connectivity index (χ0n) is 11.6. The highest BCUT2D eigenvalue weighted by molar-refractivity contribution is 5.92. The fourth-order valence-corrected chi connectivity index (χ4v) is 2.37. The van der Waals surface area contributed by atoms with Gasteiger partial charge in [-0.3, -0.25) is 9.78 Å². The number of carbonyl (C=O) groups is 1. The van der Waals surface area contributed by atoms with Crippen LogP contribution in [-0.4, -0.2) is 47.0 Å². The second-order valence-electron chi connectivity index (χ2n) is 4.93. The molecule has 1 saturated heterocycles. The Kier molecular flexibility index (Phi) is 4.31. The number of aryl methyl sites for hydroxylation is 2. The molecule has 1 fully saturated rings. The number of nitrogens with two attached hydrogens (primary N) is 1. The Balaban J connectivity index is 1.98. The highest BCUT2D eigenvalue weighted by Gasteiger charge is 2.13. The molecule has 2 heterocycles. The van der Waals surface area contributed by atoms with Gasteiger partial charge in [0.05, 0.1) is 11.4 Å². The van der Waals surface area contributed by atoms with Gasteiger partial charge in [-0.2, -0.15) is 0 Å². The molecule has 1 aliphatic heterocycles. The van der Waals surface area contributed by atoms with Crippen molar-refractivity contribution in [2.24, 2.45) is 5.73 Å². The van der Waals surface area contributed by atoms with Gasteiger partial charge in [0, 0.05) is 13.1 Å². The van der Waals surface area contributed by atoms with E-state index in [-0.39, 0.29) is 5.69 Å². The molecule has 0 aliphatic carbocycles. The summed E-state index contributed by atoms with van der Waals surface area (Å²) in [5.41, 5.74) is 6.90. The number of nitrogens with zero attached hydrogens (tertiary/aromatic N) is 3. The molecule has 0 bridgehead atoms. The summed E-state index contributed by atoms with van der Waals surface area (Å²) in [5.74, 6) is 0.117. The average molecular weight is 263 g/mol. The van der Waals surface area contributed by atoms with Gasteiger partial charge in [-0.25, -0.2) is 4.98 Å². The van der Waals surface area contributed by atoms with Gasteiger partial charge in [0.2, 0.25) is 0 Å². The van der Waals surface area contributed by atoms with Gasteiger partial charge in [0.1, 0.15) is 5.82 Å². The van der Waals surface area contributed by atoms with Crippen LogP contribution in [0.25, 0.3) is 0 Å². The van der Waals surface area contributed by atoms with Crippen molar-refractivity contribution in [1.29, 1.82) is 0 Å². The van der Waals surface area contributed by atoms with Gasteiger partial charge >= 0.3 is 0 Å². The fraction of sp³-hybridized carbons (Fsp3) is 0.615. The third-order valence-corrected chi connectivity index (χ3v) is 3.40. The van der Waals surface area contributed by atoms with Crippen LogP contribution in [0.5, 0.6) is 0 Å². The Morgan fingerprint density at radius 2 is 1.95 bits per heavy atom. The third kappa shape index (κ3) is 3.41. The number of anilines is 1. The Bertz CT molecular complexity index is 468. The second kappa shape index (κ2) is 5.97. The summed E-state index contributed by atoms with van der Waals surface area (Å²) in [6.07, 6.45) is 2.57. The lowest BCUT2D eigenvalue weighted by Gasteiger charge is -2.16. The second-order valence-corrected chi connectivity index (χ2v) is 4.93. The van der Waals surface area contributed by atoms with E-state index in [0.29, 0.717) is 11.5 Å². The molecule has 0 unspecified atom stereocenters. The number of amides is 1. The lowest BCUT2D eigenvalue weighted by atomic mass is 10.3. The number of hydrogen-bond acceptors (Lipinski definition) is 5. The molecule has 1 amide bonds. The first-order chi connectivity index (χ1) is 9.08. The third-order valence-electron chi connectivity index (χ3n) is 3.40. The number of likely N-dealkylation sites (tertiary alicyclic amines) is 1. The van der Waals surface area contributed by atoms with Crippen LogP contribution in [0.1, 0.15) is 34.7 Å². The van der Waals surface area contributed by atoms with Crippen LogP contribution >= 0.6 is 0 Å². The fourth-order valence-electron chi connectivity index (χ4n) is 2.37. The molecule has 0 radical (unpaired) electrons. The lowest BCUT2D eigenvalue weighted by Crippen LogP contribution is -2.27. The topological polar surface area (TPSA) is 84.1 Å². The van der Waals surface area contributed by atoms with Gasteiger partial charge in [-0.15, -0.1) is 0 Å². The smallest absolute Gasteiger partial charge is 0.269 e. The van der Waals surface area contributed by atoms with Crippen molar-refractivity contribution in [3.63, 3.8) is 0 Å². The predicted octanol–water partition coefficient (Wildman–Crippen LogP) is 0.700. The van der Waals surface area contributed by atoms with Crippen molar-refractivity contribution in [3.8, 4) is 0 Å². The molecule has 0 atom stereocenters. The summed E-state index contributed by atoms with van der Waals surface area (Å²) in [6, 6.07) is 0. The number of hydrogen-bond donors (Lipinski definition) is 2. The zero-order valence-corrected chi connectivity index (χ0v) is 11.6. The number of carbonyl (C=O) groups excluding carboxylic acids is 1. The Morgan fingerprint density at radius 3 is 2.58 bits per heavy atom. The first-order valence-corrected chi connectivity index (χ1v) is 6.69. The normalized spacial score (nSPS) is 15.7. The average Bonchev–Trinajstić information content (AvgIpc) is 2.84. The number of aromatic nitrogens is 2. The molecule has 0 aromatic carbocycles. The molecule has 1 aromatic heterocycles. The maximum absolute atomic E-state index is 11.3. The van der Waals surface area contributed by atoms with Crippen molar-refractivity contribution in [3.05, 3.63) is 17.1 Å². The number of nitrogens with one attached hydrogen (secondary N) is 1. The molecule has 6 heteroatoms. The summed E-state index contributed by atoms with van der Waals surface area (Å²) in [6.45, 7) is 7.76. The van der Waals surface area contributed by atoms with E-state index in [0.717, 1.165) is 18.8 Å². The maximum Gasteiger partial charge on any atom is 0.269 e. The quantitative estimate of drug-likeness (QED) is 0.817. The maximum atomic E-state index is 11.3. The Hall–Kier alpha value is -1.69. The van der Waals surface area contributed by atoms with Gasteiger partial charge in [-0.1, -0.05) is 0 Å². The minimum absolute atomic E-state index is 0.245. The predicted molar refractivity (Wildman–Crippen MR) is 74.2 cm³/mol. The molecule has 2 rings (SSSR count). The van der Waals surface area contributed by atoms with Gasteiger partial charge in [0.15, 0.2) is 5.69 Å². The lowest BCUT2D eigenvalue weighted by molar-refractivity contribution is 0.0994. The molecule has 0 spiro atoms. The van der Waals surface area contributed by atoms with Crippen molar-refractivity contribution in [2.45, 2.75) is 26.7 Å². The molecular formula is C13H21N5O. The van der Waals surface area contributed by atoms with E-state index >= 15 is 0 Å². The molecule has 104 valence electrons. The molecule has 6 nitrogen and oxygen atoms in total. The van der Waals surface area contributed by atoms with E-state index in [2.05, 4.69) is 20.2 Å². The SMILES string of the molecule is Cc1nc(C)c(C(N)=O)nc1NCCN1CCCC1. The van der Waals surface area contributed by atoms with Crippen molar-refractivity contribution in [1.82, 2.24) is 14.9 Å². The molecule has 0 saturated carbocycles. The number of primary amides is 1. The van der Waals surface area contributed by atoms with Crippen LogP contribution in [0, 0.1) is 13.8 Å². The monoisotopic (exact) mass is 263 g/mol. The highest BCUT2D eigenvalue weighted by Crippen LogP contribution is 2.13. The number of rotatable bonds is 5. The summed E-state index contributed by atoms with van der Waals surface area (Å²) in [5, 5.41) is 3.24. The van der Waals surface area contributed by atoms with E-state index in [1.807, 2.05) is 6.92 Å². The van der Waals surface area contributed by atoms with E-state index in [4.69, 9.17) is 5.73 Å². The van der Waals surface area contributed by atoms with Crippen LogP contribution in [0.15, 0.2) is 0 Å². The van der Waals surface area contributed by atoms with Crippen LogP contribution in [0.3, 0.4) is 0 Å². The minimum Gasteiger partial charge on any atom is -0.367 e. The van der Waals surface area contributed by atoms with Crippen molar-refractivity contribution < 1.29 is 4.79 Å². The Labute approximate surface area is 113 Å². The largest absolute Gasteiger partial charge is 0.367 e. The summed E-state index contributed by atoms with van der Waals surface area (Å²) in [7, 11) is 0. The van der Waals surface area contributed by atoms with Crippen molar-refractivity contribution in [2.75, 3.05) is 31.5 Å². The molecule has 1 aromatic rings. The first-order valence-electron chi connectivity index (χ1n) is 6.69. The summed E-state index contributed by atoms with van der Waals surface area (Å²) < 4.78 is 0. The van der Waals surface area contributed by atoms with Crippen LogP contribution in [0.4, 0.5) is 5.82 Å². The van der Waals surface area contributed by atoms with Gasteiger partial charge in [0.25, 0.3) is 5.91 Å². The van der Waals surface area contributed by atoms with E-state index in [1.165, 1.54) is 25.9 Å². The van der Waals surface area contributed by atoms with Crippen molar-refractivity contribution >= 4 is 11.7 Å². The summed E-state index contributed by atoms with van der Waals surface area (Å²) >= 11 is 0. The molecule has 19 heavy (non-hydrogen) atoms. The zero-order chi connectivity index (χ0) is 13.8. The van der Waals surface area contributed by atoms with Crippen LogP contribution in [0.2, 0.25) is 0 Å². The Morgan fingerprint density at radius 1 is 1.26 bits per heavy atom. The van der Waals surface area contributed by atoms with E-state index in [1.54, 1.807) is 6.92 Å². The standard InChI is InChI=1S/C13H21N5O/c1-9-11(12(14)19)17-13(10(2)16-9)15-5-8-18-6-3-4-7-18/h3-8H2,1-2H3,(H2,14,19)(H,15,17). The van der Waals surface area contributed by atoms with Gasteiger partial charge in [-0.05, 0) is 39.8 Å². The highest BCUT2D eigenvalue weighted by atomic mass is 16.1.